The molecule has 0 unspecified atom stereocenters. The van der Waals surface area contributed by atoms with Crippen LogP contribution in [0.3, 0.4) is 0 Å². The maximum atomic E-state index is 11.7. The predicted octanol–water partition coefficient (Wildman–Crippen LogP) is 6.18. The van der Waals surface area contributed by atoms with Gasteiger partial charge in [-0.15, -0.1) is 11.8 Å². The molecule has 0 atom stereocenters. The van der Waals surface area contributed by atoms with Crippen LogP contribution in [0, 0.1) is 0 Å². The summed E-state index contributed by atoms with van der Waals surface area (Å²) in [7, 11) is 1.00. The molecule has 0 bridgehead atoms. The van der Waals surface area contributed by atoms with Crippen molar-refractivity contribution in [3.8, 4) is 0 Å². The number of hydrogen-bond donors (Lipinski definition) is 1. The van der Waals surface area contributed by atoms with Gasteiger partial charge in [-0.3, -0.25) is 4.79 Å². The quantitative estimate of drug-likeness (QED) is 0.213. The van der Waals surface area contributed by atoms with E-state index in [0.717, 1.165) is 30.2 Å². The smallest absolute Gasteiger partial charge is 0.185 e. The highest BCUT2D eigenvalue weighted by Gasteiger charge is 2.36. The molecule has 176 valence electrons. The molecule has 35 heavy (non-hydrogen) atoms. The van der Waals surface area contributed by atoms with Crippen molar-refractivity contribution in [2.75, 3.05) is 12.9 Å². The molecule has 4 aromatic carbocycles. The molecule has 0 saturated carbocycles. The zero-order chi connectivity index (χ0) is 24.5. The van der Waals surface area contributed by atoms with Crippen LogP contribution in [0.4, 0.5) is 0 Å². The van der Waals surface area contributed by atoms with Gasteiger partial charge in [0.1, 0.15) is 0 Å². The molecule has 0 amide bonds. The average Bonchev–Trinajstić information content (AvgIpc) is 3.31. The lowest BCUT2D eigenvalue weighted by Gasteiger charge is -2.35. The van der Waals surface area contributed by atoms with Gasteiger partial charge in [-0.1, -0.05) is 103 Å². The van der Waals surface area contributed by atoms with Gasteiger partial charge in [0.05, 0.1) is 15.8 Å². The normalized spacial score (nSPS) is 11.0. The Morgan fingerprint density at radius 2 is 1.20 bits per heavy atom. The topological polar surface area (TPSA) is 55.1 Å². The Bertz CT molecular complexity index is 1260. The van der Waals surface area contributed by atoms with E-state index in [1.54, 1.807) is 0 Å². The molecule has 0 aliphatic rings. The molecule has 5 rings (SSSR count). The third-order valence-electron chi connectivity index (χ3n) is 5.96. The Hall–Kier alpha value is -3.67. The lowest BCUT2D eigenvalue weighted by atomic mass is 9.84. The van der Waals surface area contributed by atoms with Crippen LogP contribution >= 0.6 is 11.8 Å². The summed E-state index contributed by atoms with van der Waals surface area (Å²) in [6.07, 6.45) is 0.851. The van der Waals surface area contributed by atoms with Gasteiger partial charge >= 0.3 is 0 Å². The fourth-order valence-electron chi connectivity index (χ4n) is 4.48. The number of fused-ring (bicyclic) bond motifs is 1. The largest absolute Gasteiger partial charge is 0.400 e. The van der Waals surface area contributed by atoms with Crippen molar-refractivity contribution in [2.24, 2.45) is 0 Å². The number of aliphatic hydroxyl groups excluding tert-OH is 1. The predicted molar refractivity (Wildman–Crippen MR) is 145 cm³/mol. The number of aldehydes is 1. The zero-order valence-electron chi connectivity index (χ0n) is 19.6. The zero-order valence-corrected chi connectivity index (χ0v) is 20.4. The number of hydrogen-bond acceptors (Lipinski definition) is 4. The third-order valence-corrected chi connectivity index (χ3v) is 7.49. The Kier molecular flexibility index (Phi) is 8.14. The van der Waals surface area contributed by atoms with Crippen LogP contribution in [0.1, 0.15) is 27.3 Å². The van der Waals surface area contributed by atoms with Crippen LogP contribution in [-0.4, -0.2) is 33.8 Å². The molecule has 0 spiro atoms. The summed E-state index contributed by atoms with van der Waals surface area (Å²) in [6, 6.07) is 39.9. The summed E-state index contributed by atoms with van der Waals surface area (Å²) >= 11 is 1.89. The molecule has 4 nitrogen and oxygen atoms in total. The lowest BCUT2D eigenvalue weighted by molar-refractivity contribution is 0.111. The third kappa shape index (κ3) is 4.92. The van der Waals surface area contributed by atoms with E-state index in [2.05, 4.69) is 96.0 Å². The number of aryl methyl sites for hydroxylation is 1. The first-order valence-electron chi connectivity index (χ1n) is 11.5. The summed E-state index contributed by atoms with van der Waals surface area (Å²) in [5.74, 6) is 1.28. The first-order chi connectivity index (χ1) is 17.3. The van der Waals surface area contributed by atoms with Crippen LogP contribution in [0.2, 0.25) is 0 Å². The van der Waals surface area contributed by atoms with Gasteiger partial charge in [0, 0.05) is 19.4 Å². The number of aliphatic hydroxyl groups is 1. The van der Waals surface area contributed by atoms with Crippen LogP contribution in [0.15, 0.2) is 115 Å². The molecule has 0 fully saturated rings. The minimum absolute atomic E-state index is 0.374. The SMILES string of the molecule is CO.O=Cc1nc2ccccc2n1CCSC(c1ccccc1)(c1ccccc1)c1ccccc1. The van der Waals surface area contributed by atoms with Crippen LogP contribution in [-0.2, 0) is 11.3 Å². The molecule has 0 radical (unpaired) electrons. The fraction of sp³-hybridized carbons (Fsp3) is 0.133. The van der Waals surface area contributed by atoms with Crippen molar-refractivity contribution in [2.45, 2.75) is 11.3 Å². The summed E-state index contributed by atoms with van der Waals surface area (Å²) < 4.78 is 1.66. The molecule has 0 saturated heterocycles. The van der Waals surface area contributed by atoms with Crippen LogP contribution in [0.25, 0.3) is 11.0 Å². The van der Waals surface area contributed by atoms with E-state index in [1.807, 2.05) is 40.6 Å². The van der Waals surface area contributed by atoms with E-state index >= 15 is 0 Å². The monoisotopic (exact) mass is 480 g/mol. The summed E-state index contributed by atoms with van der Waals surface area (Å²) in [4.78, 5) is 16.2. The molecule has 1 N–H and O–H groups in total. The number of para-hydroxylation sites is 2. The Morgan fingerprint density at radius 3 is 1.69 bits per heavy atom. The van der Waals surface area contributed by atoms with Crippen molar-refractivity contribution < 1.29 is 9.90 Å². The standard InChI is InChI=1S/C29H24N2OS.CH4O/c32-22-28-30-26-18-10-11-19-27(26)31(28)20-21-33-29(23-12-4-1-5-13-23,24-14-6-2-7-15-24)25-16-8-3-9-17-25;1-2/h1-19,22H,20-21H2;2H,1H3. The molecule has 5 aromatic rings. The van der Waals surface area contributed by atoms with Crippen molar-refractivity contribution >= 4 is 29.1 Å². The Balaban J connectivity index is 0.00000141. The van der Waals surface area contributed by atoms with Crippen molar-refractivity contribution in [3.05, 3.63) is 138 Å². The molecule has 0 aliphatic carbocycles. The van der Waals surface area contributed by atoms with E-state index < -0.39 is 0 Å². The lowest BCUT2D eigenvalue weighted by Crippen LogP contribution is -2.26. The van der Waals surface area contributed by atoms with Crippen LogP contribution in [0.5, 0.6) is 0 Å². The van der Waals surface area contributed by atoms with Crippen molar-refractivity contribution in [1.29, 1.82) is 0 Å². The number of rotatable bonds is 8. The molecular formula is C30H28N2O2S. The van der Waals surface area contributed by atoms with Gasteiger partial charge in [-0.25, -0.2) is 4.98 Å². The highest BCUT2D eigenvalue weighted by Crippen LogP contribution is 2.48. The minimum Gasteiger partial charge on any atom is -0.400 e. The number of benzene rings is 4. The van der Waals surface area contributed by atoms with Gasteiger partial charge in [0.2, 0.25) is 0 Å². The first kappa shape index (κ1) is 24.5. The van der Waals surface area contributed by atoms with Gasteiger partial charge in [-0.2, -0.15) is 0 Å². The van der Waals surface area contributed by atoms with E-state index in [9.17, 15) is 4.79 Å². The first-order valence-corrected chi connectivity index (χ1v) is 12.5. The second kappa shape index (κ2) is 11.6. The average molecular weight is 481 g/mol. The van der Waals surface area contributed by atoms with Crippen molar-refractivity contribution in [1.82, 2.24) is 9.55 Å². The number of imidazole rings is 1. The van der Waals surface area contributed by atoms with Gasteiger partial charge in [-0.05, 0) is 28.8 Å². The highest BCUT2D eigenvalue weighted by molar-refractivity contribution is 8.00. The summed E-state index contributed by atoms with van der Waals surface area (Å²) in [6.45, 7) is 0.688. The number of aromatic nitrogens is 2. The number of carbonyl (C=O) groups is 1. The second-order valence-corrected chi connectivity index (χ2v) is 9.17. The van der Waals surface area contributed by atoms with Crippen LogP contribution < -0.4 is 0 Å². The molecule has 0 aliphatic heterocycles. The Labute approximate surface area is 210 Å². The minimum atomic E-state index is -0.374. The van der Waals surface area contributed by atoms with Crippen molar-refractivity contribution in [3.63, 3.8) is 0 Å². The number of thioether (sulfide) groups is 1. The van der Waals surface area contributed by atoms with E-state index in [1.165, 1.54) is 16.7 Å². The fourth-order valence-corrected chi connectivity index (χ4v) is 5.97. The second-order valence-electron chi connectivity index (χ2n) is 7.86. The molecular weight excluding hydrogens is 452 g/mol. The summed E-state index contributed by atoms with van der Waals surface area (Å²) in [5, 5.41) is 7.00. The van der Waals surface area contributed by atoms with E-state index in [-0.39, 0.29) is 4.75 Å². The maximum Gasteiger partial charge on any atom is 0.185 e. The van der Waals surface area contributed by atoms with Gasteiger partial charge < -0.3 is 9.67 Å². The molecule has 1 heterocycles. The number of carbonyl (C=O) groups excluding carboxylic acids is 1. The molecule has 5 heteroatoms. The Morgan fingerprint density at radius 1 is 0.743 bits per heavy atom. The summed E-state index contributed by atoms with van der Waals surface area (Å²) in [5.41, 5.74) is 5.55. The van der Waals surface area contributed by atoms with Gasteiger partial charge in [0.25, 0.3) is 0 Å². The highest BCUT2D eigenvalue weighted by atomic mass is 32.2. The molecule has 1 aromatic heterocycles. The maximum absolute atomic E-state index is 11.7. The van der Waals surface area contributed by atoms with E-state index in [4.69, 9.17) is 5.11 Å². The number of nitrogens with zero attached hydrogens (tertiary/aromatic N) is 2. The van der Waals surface area contributed by atoms with E-state index in [0.29, 0.717) is 12.4 Å². The van der Waals surface area contributed by atoms with Gasteiger partial charge in [0.15, 0.2) is 12.1 Å².